The third kappa shape index (κ3) is 2.51. The van der Waals surface area contributed by atoms with Crippen LogP contribution in [0.1, 0.15) is 32.7 Å². The number of nitrogens with zero attached hydrogens (tertiary/aromatic N) is 1. The van der Waals surface area contributed by atoms with Crippen LogP contribution in [0, 0.1) is 6.92 Å². The fraction of sp³-hybridized carbons (Fsp3) is 0.176. The standard InChI is InChI=1S/C17H14BrNO2/c1-11-6-7-14(18)13(10-11)17(21)19-9-8-16(20)12-4-2-3-5-15(12)19/h2-7,10H,8-9H2,1H3. The summed E-state index contributed by atoms with van der Waals surface area (Å²) in [6.45, 7) is 2.38. The van der Waals surface area contributed by atoms with E-state index in [-0.39, 0.29) is 11.7 Å². The first kappa shape index (κ1) is 14.0. The number of carbonyl (C=O) groups excluding carboxylic acids is 2. The van der Waals surface area contributed by atoms with Gasteiger partial charge in [-0.3, -0.25) is 9.59 Å². The normalized spacial score (nSPS) is 14.0. The molecule has 1 aliphatic heterocycles. The van der Waals surface area contributed by atoms with E-state index in [9.17, 15) is 9.59 Å². The van der Waals surface area contributed by atoms with E-state index in [0.717, 1.165) is 10.0 Å². The number of hydrogen-bond acceptors (Lipinski definition) is 2. The largest absolute Gasteiger partial charge is 0.307 e. The molecule has 1 aliphatic rings. The molecule has 0 aliphatic carbocycles. The van der Waals surface area contributed by atoms with Gasteiger partial charge in [0.1, 0.15) is 0 Å². The van der Waals surface area contributed by atoms with Gasteiger partial charge in [-0.25, -0.2) is 0 Å². The topological polar surface area (TPSA) is 37.4 Å². The van der Waals surface area contributed by atoms with Crippen molar-refractivity contribution in [3.63, 3.8) is 0 Å². The van der Waals surface area contributed by atoms with Gasteiger partial charge >= 0.3 is 0 Å². The second kappa shape index (κ2) is 5.45. The molecule has 0 aromatic heterocycles. The number of Topliss-reactive ketones (excluding diaryl/α,β-unsaturated/α-hetero) is 1. The van der Waals surface area contributed by atoms with Crippen molar-refractivity contribution in [1.29, 1.82) is 0 Å². The average Bonchev–Trinajstić information content (AvgIpc) is 2.50. The molecule has 2 aromatic rings. The predicted octanol–water partition coefficient (Wildman–Crippen LogP) is 3.99. The Bertz CT molecular complexity index is 739. The molecule has 106 valence electrons. The van der Waals surface area contributed by atoms with Crippen molar-refractivity contribution in [1.82, 2.24) is 0 Å². The first-order chi connectivity index (χ1) is 10.1. The molecular weight excluding hydrogens is 330 g/mol. The highest BCUT2D eigenvalue weighted by molar-refractivity contribution is 9.10. The fourth-order valence-electron chi connectivity index (χ4n) is 2.57. The average molecular weight is 344 g/mol. The Morgan fingerprint density at radius 2 is 1.95 bits per heavy atom. The van der Waals surface area contributed by atoms with Crippen molar-refractivity contribution >= 4 is 33.3 Å². The lowest BCUT2D eigenvalue weighted by atomic mass is 9.99. The summed E-state index contributed by atoms with van der Waals surface area (Å²) in [5, 5.41) is 0. The molecule has 0 saturated heterocycles. The van der Waals surface area contributed by atoms with Gasteiger partial charge in [0.2, 0.25) is 0 Å². The van der Waals surface area contributed by atoms with Gasteiger partial charge in [0.15, 0.2) is 5.78 Å². The first-order valence-corrected chi connectivity index (χ1v) is 7.57. The zero-order valence-corrected chi connectivity index (χ0v) is 13.2. The number of benzene rings is 2. The number of hydrogen-bond donors (Lipinski definition) is 0. The molecule has 0 saturated carbocycles. The highest BCUT2D eigenvalue weighted by Crippen LogP contribution is 2.30. The number of aryl methyl sites for hydroxylation is 1. The minimum atomic E-state index is -0.0782. The summed E-state index contributed by atoms with van der Waals surface area (Å²) in [5.74, 6) is 0.0171. The minimum absolute atomic E-state index is 0.0782. The number of halogens is 1. The van der Waals surface area contributed by atoms with Gasteiger partial charge in [0.05, 0.1) is 11.3 Å². The van der Waals surface area contributed by atoms with Crippen molar-refractivity contribution in [2.45, 2.75) is 13.3 Å². The molecule has 3 nitrogen and oxygen atoms in total. The van der Waals surface area contributed by atoms with E-state index in [1.54, 1.807) is 11.0 Å². The summed E-state index contributed by atoms with van der Waals surface area (Å²) < 4.78 is 0.771. The molecule has 0 bridgehead atoms. The third-order valence-electron chi connectivity index (χ3n) is 3.66. The van der Waals surface area contributed by atoms with Crippen LogP contribution in [-0.2, 0) is 0 Å². The number of ketones is 1. The van der Waals surface area contributed by atoms with Crippen LogP contribution in [0.3, 0.4) is 0 Å². The Balaban J connectivity index is 2.05. The van der Waals surface area contributed by atoms with Crippen molar-refractivity contribution in [3.8, 4) is 0 Å². The molecule has 0 unspecified atom stereocenters. The van der Waals surface area contributed by atoms with Gasteiger partial charge in [-0.1, -0.05) is 23.8 Å². The van der Waals surface area contributed by atoms with E-state index in [2.05, 4.69) is 15.9 Å². The Kier molecular flexibility index (Phi) is 3.64. The highest BCUT2D eigenvalue weighted by Gasteiger charge is 2.28. The molecule has 21 heavy (non-hydrogen) atoms. The number of rotatable bonds is 1. The summed E-state index contributed by atoms with van der Waals surface area (Å²) in [6.07, 6.45) is 0.367. The lowest BCUT2D eigenvalue weighted by Gasteiger charge is -2.29. The van der Waals surface area contributed by atoms with Gasteiger partial charge in [-0.15, -0.1) is 0 Å². The molecule has 0 atom stereocenters. The number of para-hydroxylation sites is 1. The first-order valence-electron chi connectivity index (χ1n) is 6.78. The molecule has 0 spiro atoms. The van der Waals surface area contributed by atoms with E-state index in [4.69, 9.17) is 0 Å². The Hall–Kier alpha value is -1.94. The third-order valence-corrected chi connectivity index (χ3v) is 4.35. The predicted molar refractivity (Wildman–Crippen MR) is 85.9 cm³/mol. The number of anilines is 1. The van der Waals surface area contributed by atoms with Crippen molar-refractivity contribution < 1.29 is 9.59 Å². The molecule has 2 aromatic carbocycles. The van der Waals surface area contributed by atoms with Crippen LogP contribution in [0.25, 0.3) is 0 Å². The zero-order valence-electron chi connectivity index (χ0n) is 11.6. The molecule has 1 heterocycles. The van der Waals surface area contributed by atoms with Gasteiger partial charge in [0.25, 0.3) is 5.91 Å². The summed E-state index contributed by atoms with van der Waals surface area (Å²) in [7, 11) is 0. The van der Waals surface area contributed by atoms with Crippen molar-refractivity contribution in [3.05, 3.63) is 63.6 Å². The van der Waals surface area contributed by atoms with Crippen LogP contribution >= 0.6 is 15.9 Å². The maximum Gasteiger partial charge on any atom is 0.259 e. The maximum atomic E-state index is 12.8. The fourth-order valence-corrected chi connectivity index (χ4v) is 2.99. The Morgan fingerprint density at radius 3 is 2.76 bits per heavy atom. The highest BCUT2D eigenvalue weighted by atomic mass is 79.9. The molecule has 1 amide bonds. The molecular formula is C17H14BrNO2. The lowest BCUT2D eigenvalue weighted by molar-refractivity contribution is 0.0954. The van der Waals surface area contributed by atoms with Gasteiger partial charge in [0, 0.05) is 23.0 Å². The smallest absolute Gasteiger partial charge is 0.259 e. The summed E-state index contributed by atoms with van der Waals surface area (Å²) in [6, 6.07) is 13.0. The number of amides is 1. The second-order valence-electron chi connectivity index (χ2n) is 5.13. The zero-order chi connectivity index (χ0) is 15.0. The van der Waals surface area contributed by atoms with Crippen LogP contribution in [0.4, 0.5) is 5.69 Å². The summed E-state index contributed by atoms with van der Waals surface area (Å²) in [4.78, 5) is 26.5. The SMILES string of the molecule is Cc1ccc(Br)c(C(=O)N2CCC(=O)c3ccccc32)c1. The number of carbonyl (C=O) groups is 2. The molecule has 0 radical (unpaired) electrons. The monoisotopic (exact) mass is 343 g/mol. The van der Waals surface area contributed by atoms with Crippen LogP contribution in [0.2, 0.25) is 0 Å². The summed E-state index contributed by atoms with van der Waals surface area (Å²) in [5.41, 5.74) is 2.98. The van der Waals surface area contributed by atoms with Gasteiger partial charge in [-0.2, -0.15) is 0 Å². The van der Waals surface area contributed by atoms with Crippen LogP contribution < -0.4 is 4.90 Å². The van der Waals surface area contributed by atoms with Gasteiger partial charge < -0.3 is 4.90 Å². The maximum absolute atomic E-state index is 12.8. The minimum Gasteiger partial charge on any atom is -0.307 e. The van der Waals surface area contributed by atoms with E-state index < -0.39 is 0 Å². The van der Waals surface area contributed by atoms with E-state index in [0.29, 0.717) is 29.8 Å². The molecule has 0 N–H and O–H groups in total. The van der Waals surface area contributed by atoms with E-state index in [1.165, 1.54) is 0 Å². The second-order valence-corrected chi connectivity index (χ2v) is 5.98. The van der Waals surface area contributed by atoms with Crippen LogP contribution in [0.15, 0.2) is 46.9 Å². The molecule has 0 fully saturated rings. The summed E-state index contributed by atoms with van der Waals surface area (Å²) >= 11 is 3.44. The molecule has 3 rings (SSSR count). The van der Waals surface area contributed by atoms with Crippen molar-refractivity contribution in [2.75, 3.05) is 11.4 Å². The molecule has 4 heteroatoms. The van der Waals surface area contributed by atoms with Crippen molar-refractivity contribution in [2.24, 2.45) is 0 Å². The van der Waals surface area contributed by atoms with E-state index >= 15 is 0 Å². The van der Waals surface area contributed by atoms with Gasteiger partial charge in [-0.05, 0) is 47.1 Å². The Labute approximate surface area is 131 Å². The lowest BCUT2D eigenvalue weighted by Crippen LogP contribution is -2.37. The number of fused-ring (bicyclic) bond motifs is 1. The van der Waals surface area contributed by atoms with E-state index in [1.807, 2.05) is 43.3 Å². The van der Waals surface area contributed by atoms with Crippen LogP contribution in [0.5, 0.6) is 0 Å². The van der Waals surface area contributed by atoms with Crippen LogP contribution in [-0.4, -0.2) is 18.2 Å². The quantitative estimate of drug-likeness (QED) is 0.784. The Morgan fingerprint density at radius 1 is 1.19 bits per heavy atom.